The van der Waals surface area contributed by atoms with Crippen LogP contribution in [0.2, 0.25) is 5.02 Å². The fourth-order valence-corrected chi connectivity index (χ4v) is 1.69. The summed E-state index contributed by atoms with van der Waals surface area (Å²) in [4.78, 5) is 4.26. The molecule has 0 saturated carbocycles. The van der Waals surface area contributed by atoms with Gasteiger partial charge in [-0.1, -0.05) is 11.6 Å². The van der Waals surface area contributed by atoms with E-state index in [4.69, 9.17) is 16.3 Å². The van der Waals surface area contributed by atoms with Gasteiger partial charge in [-0.2, -0.15) is 12.6 Å². The average Bonchev–Trinajstić information content (AvgIpc) is 2.29. The Morgan fingerprint density at radius 2 is 2.20 bits per heavy atom. The summed E-state index contributed by atoms with van der Waals surface area (Å²) in [5.41, 5.74) is 0.798. The van der Waals surface area contributed by atoms with Gasteiger partial charge in [0, 0.05) is 17.3 Å². The van der Waals surface area contributed by atoms with Crippen LogP contribution in [0.5, 0.6) is 5.75 Å². The predicted octanol–water partition coefficient (Wildman–Crippen LogP) is 3.20. The number of fused-ring (bicyclic) bond motifs is 1. The Hall–Kier alpha value is -0.930. The van der Waals surface area contributed by atoms with Gasteiger partial charge >= 0.3 is 0 Å². The molecule has 0 N–H and O–H groups in total. The van der Waals surface area contributed by atoms with Crippen LogP contribution in [0.1, 0.15) is 0 Å². The first-order valence-corrected chi connectivity index (χ1v) is 5.61. The van der Waals surface area contributed by atoms with E-state index in [1.165, 1.54) is 0 Å². The first kappa shape index (κ1) is 10.6. The highest BCUT2D eigenvalue weighted by Gasteiger charge is 2.05. The van der Waals surface area contributed by atoms with Crippen LogP contribution in [0.25, 0.3) is 10.9 Å². The lowest BCUT2D eigenvalue weighted by molar-refractivity contribution is 0.348. The van der Waals surface area contributed by atoms with Gasteiger partial charge < -0.3 is 4.74 Å². The van der Waals surface area contributed by atoms with Crippen LogP contribution >= 0.6 is 24.2 Å². The third kappa shape index (κ3) is 2.19. The minimum absolute atomic E-state index is 0.566. The molecule has 0 radical (unpaired) electrons. The second kappa shape index (κ2) is 4.73. The number of rotatable bonds is 3. The Morgan fingerprint density at radius 3 is 3.00 bits per heavy atom. The maximum atomic E-state index is 6.05. The van der Waals surface area contributed by atoms with Gasteiger partial charge in [-0.3, -0.25) is 4.98 Å². The summed E-state index contributed by atoms with van der Waals surface area (Å²) in [6, 6.07) is 7.44. The van der Waals surface area contributed by atoms with Gasteiger partial charge in [-0.15, -0.1) is 0 Å². The van der Waals surface area contributed by atoms with Crippen molar-refractivity contribution in [3.63, 3.8) is 0 Å². The summed E-state index contributed by atoms with van der Waals surface area (Å²) in [5, 5.41) is 1.60. The van der Waals surface area contributed by atoms with Crippen molar-refractivity contribution in [1.29, 1.82) is 0 Å². The molecule has 0 aliphatic heterocycles. The molecular weight excluding hydrogens is 230 g/mol. The molecule has 1 heterocycles. The lowest BCUT2D eigenvalue weighted by atomic mass is 10.2. The molecule has 0 amide bonds. The average molecular weight is 240 g/mol. The molecule has 0 bridgehead atoms. The quantitative estimate of drug-likeness (QED) is 0.831. The molecule has 0 saturated heterocycles. The number of pyridine rings is 1. The third-order valence-corrected chi connectivity index (χ3v) is 2.54. The Morgan fingerprint density at radius 1 is 1.33 bits per heavy atom. The Balaban J connectivity index is 2.51. The van der Waals surface area contributed by atoms with Crippen LogP contribution in [0.4, 0.5) is 0 Å². The highest BCUT2D eigenvalue weighted by Crippen LogP contribution is 2.29. The van der Waals surface area contributed by atoms with E-state index in [-0.39, 0.29) is 0 Å². The molecule has 1 aromatic carbocycles. The molecule has 2 aromatic rings. The van der Waals surface area contributed by atoms with Crippen molar-refractivity contribution in [1.82, 2.24) is 4.98 Å². The van der Waals surface area contributed by atoms with Crippen molar-refractivity contribution < 1.29 is 4.74 Å². The number of ether oxygens (including phenoxy) is 1. The number of hydrogen-bond acceptors (Lipinski definition) is 3. The van der Waals surface area contributed by atoms with Crippen LogP contribution in [-0.2, 0) is 0 Å². The third-order valence-electron chi connectivity index (χ3n) is 2.03. The van der Waals surface area contributed by atoms with Crippen LogP contribution in [0.15, 0.2) is 30.5 Å². The summed E-state index contributed by atoms with van der Waals surface area (Å²) in [6.07, 6.45) is 1.73. The number of hydrogen-bond donors (Lipinski definition) is 1. The summed E-state index contributed by atoms with van der Waals surface area (Å²) < 4.78 is 5.53. The Bertz CT molecular complexity index is 475. The summed E-state index contributed by atoms with van der Waals surface area (Å²) >= 11 is 10.1. The maximum absolute atomic E-state index is 6.05. The zero-order chi connectivity index (χ0) is 10.7. The first-order valence-electron chi connectivity index (χ1n) is 4.60. The molecule has 0 aliphatic rings. The molecule has 1 aromatic heterocycles. The van der Waals surface area contributed by atoms with Crippen molar-refractivity contribution in [2.24, 2.45) is 0 Å². The van der Waals surface area contributed by atoms with Gasteiger partial charge in [0.15, 0.2) is 0 Å². The molecule has 0 unspecified atom stereocenters. The zero-order valence-corrected chi connectivity index (χ0v) is 9.63. The maximum Gasteiger partial charge on any atom is 0.145 e. The van der Waals surface area contributed by atoms with Crippen molar-refractivity contribution in [3.05, 3.63) is 35.5 Å². The summed E-state index contributed by atoms with van der Waals surface area (Å²) in [6.45, 7) is 0.566. The van der Waals surface area contributed by atoms with E-state index in [1.54, 1.807) is 6.20 Å². The lowest BCUT2D eigenvalue weighted by Gasteiger charge is -2.07. The topological polar surface area (TPSA) is 22.1 Å². The van der Waals surface area contributed by atoms with E-state index < -0.39 is 0 Å². The molecule has 0 spiro atoms. The van der Waals surface area contributed by atoms with Crippen LogP contribution in [0.3, 0.4) is 0 Å². The van der Waals surface area contributed by atoms with Gasteiger partial charge in [-0.05, 0) is 24.3 Å². The van der Waals surface area contributed by atoms with Gasteiger partial charge in [0.25, 0.3) is 0 Å². The lowest BCUT2D eigenvalue weighted by Crippen LogP contribution is -1.99. The normalized spacial score (nSPS) is 10.5. The monoisotopic (exact) mass is 239 g/mol. The van der Waals surface area contributed by atoms with Crippen molar-refractivity contribution in [3.8, 4) is 5.75 Å². The van der Waals surface area contributed by atoms with Crippen molar-refractivity contribution >= 4 is 35.1 Å². The number of thiol groups is 1. The second-order valence-corrected chi connectivity index (χ2v) is 3.87. The molecule has 2 nitrogen and oxygen atoms in total. The predicted molar refractivity (Wildman–Crippen MR) is 66.1 cm³/mol. The molecular formula is C11H10ClNOS. The highest BCUT2D eigenvalue weighted by molar-refractivity contribution is 7.80. The van der Waals surface area contributed by atoms with Gasteiger partial charge in [-0.25, -0.2) is 0 Å². The second-order valence-electron chi connectivity index (χ2n) is 3.02. The molecule has 0 atom stereocenters. The van der Waals surface area contributed by atoms with Crippen molar-refractivity contribution in [2.45, 2.75) is 0 Å². The van der Waals surface area contributed by atoms with E-state index in [0.29, 0.717) is 17.4 Å². The minimum Gasteiger partial charge on any atom is -0.490 e. The van der Waals surface area contributed by atoms with E-state index in [9.17, 15) is 0 Å². The molecule has 0 aliphatic carbocycles. The van der Waals surface area contributed by atoms with E-state index in [1.807, 2.05) is 24.3 Å². The van der Waals surface area contributed by atoms with Crippen LogP contribution < -0.4 is 4.74 Å². The number of aromatic nitrogens is 1. The fourth-order valence-electron chi connectivity index (χ4n) is 1.38. The smallest absolute Gasteiger partial charge is 0.145 e. The minimum atomic E-state index is 0.566. The molecule has 15 heavy (non-hydrogen) atoms. The van der Waals surface area contributed by atoms with E-state index in [2.05, 4.69) is 17.6 Å². The Labute approximate surface area is 98.6 Å². The van der Waals surface area contributed by atoms with Crippen LogP contribution in [0, 0.1) is 0 Å². The van der Waals surface area contributed by atoms with E-state index >= 15 is 0 Å². The molecule has 0 fully saturated rings. The SMILES string of the molecule is SCCOc1ccc(Cl)c2cccnc12. The zero-order valence-electron chi connectivity index (χ0n) is 7.98. The van der Waals surface area contributed by atoms with Gasteiger partial charge in [0.2, 0.25) is 0 Å². The van der Waals surface area contributed by atoms with Crippen molar-refractivity contribution in [2.75, 3.05) is 12.4 Å². The number of benzene rings is 1. The largest absolute Gasteiger partial charge is 0.490 e. The van der Waals surface area contributed by atoms with Gasteiger partial charge in [0.05, 0.1) is 11.6 Å². The summed E-state index contributed by atoms with van der Waals surface area (Å²) in [5.74, 6) is 1.43. The van der Waals surface area contributed by atoms with Crippen LogP contribution in [-0.4, -0.2) is 17.3 Å². The molecule has 78 valence electrons. The fraction of sp³-hybridized carbons (Fsp3) is 0.182. The number of halogens is 1. The summed E-state index contributed by atoms with van der Waals surface area (Å²) in [7, 11) is 0. The molecule has 4 heteroatoms. The standard InChI is InChI=1S/C11H10ClNOS/c12-9-3-4-10(14-6-7-15)11-8(9)2-1-5-13-11/h1-5,15H,6-7H2. The Kier molecular flexibility index (Phi) is 3.34. The molecule has 2 rings (SSSR count). The highest BCUT2D eigenvalue weighted by atomic mass is 35.5. The number of nitrogens with zero attached hydrogens (tertiary/aromatic N) is 1. The first-order chi connectivity index (χ1) is 7.33. The van der Waals surface area contributed by atoms with Gasteiger partial charge in [0.1, 0.15) is 11.3 Å². The van der Waals surface area contributed by atoms with E-state index in [0.717, 1.165) is 16.7 Å².